The van der Waals surface area contributed by atoms with E-state index in [1.165, 1.54) is 11.3 Å². The van der Waals surface area contributed by atoms with E-state index >= 15 is 0 Å². The number of ether oxygens (including phenoxy) is 2. The van der Waals surface area contributed by atoms with Crippen LogP contribution in [0.5, 0.6) is 11.5 Å². The Labute approximate surface area is 162 Å². The number of fused-ring (bicyclic) bond motifs is 1. The van der Waals surface area contributed by atoms with Gasteiger partial charge in [0.2, 0.25) is 5.78 Å². The zero-order valence-electron chi connectivity index (χ0n) is 15.2. The molecule has 0 unspecified atom stereocenters. The predicted octanol–water partition coefficient (Wildman–Crippen LogP) is 5.04. The number of carbonyl (C=O) groups excluding carboxylic acids is 1. The van der Waals surface area contributed by atoms with Gasteiger partial charge in [0.15, 0.2) is 11.5 Å². The summed E-state index contributed by atoms with van der Waals surface area (Å²) < 4.78 is 10.6. The number of Topliss-reactive ketones (excluding diaryl/α,β-unsaturated/α-hetero) is 1. The molecule has 0 atom stereocenters. The first-order valence-electron chi connectivity index (χ1n) is 8.72. The zero-order valence-corrected chi connectivity index (χ0v) is 16.0. The quantitative estimate of drug-likeness (QED) is 0.598. The summed E-state index contributed by atoms with van der Waals surface area (Å²) in [5.74, 6) is 1.40. The van der Waals surface area contributed by atoms with E-state index in [4.69, 9.17) is 14.5 Å². The molecule has 0 fully saturated rings. The number of hydrogen-bond acceptors (Lipinski definition) is 5. The number of aromatic nitrogens is 1. The number of nitrogens with zero attached hydrogens (tertiary/aromatic N) is 1. The molecule has 0 amide bonds. The fourth-order valence-electron chi connectivity index (χ4n) is 3.20. The first-order chi connectivity index (χ1) is 13.2. The molecule has 4 rings (SSSR count). The summed E-state index contributed by atoms with van der Waals surface area (Å²) in [4.78, 5) is 18.4. The van der Waals surface area contributed by atoms with Gasteiger partial charge in [-0.05, 0) is 36.6 Å². The van der Waals surface area contributed by atoms with Crippen molar-refractivity contribution in [1.29, 1.82) is 0 Å². The third-order valence-corrected chi connectivity index (χ3v) is 5.74. The fourth-order valence-corrected chi connectivity index (χ4v) is 4.29. The molecule has 3 aromatic rings. The van der Waals surface area contributed by atoms with Gasteiger partial charge in [-0.2, -0.15) is 0 Å². The maximum Gasteiger partial charge on any atom is 0.200 e. The van der Waals surface area contributed by atoms with Crippen LogP contribution >= 0.6 is 11.3 Å². The number of benzene rings is 2. The molecule has 0 N–H and O–H groups in total. The van der Waals surface area contributed by atoms with Gasteiger partial charge in [-0.3, -0.25) is 4.79 Å². The molecule has 5 heteroatoms. The van der Waals surface area contributed by atoms with E-state index < -0.39 is 0 Å². The van der Waals surface area contributed by atoms with Gasteiger partial charge in [0.25, 0.3) is 0 Å². The smallest absolute Gasteiger partial charge is 0.200 e. The number of ketones is 1. The Bertz CT molecular complexity index is 1020. The van der Waals surface area contributed by atoms with Crippen LogP contribution in [-0.2, 0) is 6.42 Å². The van der Waals surface area contributed by atoms with Gasteiger partial charge in [0.1, 0.15) is 5.01 Å². The first kappa shape index (κ1) is 17.5. The molecule has 0 radical (unpaired) electrons. The molecule has 136 valence electrons. The second-order valence-electron chi connectivity index (χ2n) is 6.27. The summed E-state index contributed by atoms with van der Waals surface area (Å²) in [5.41, 5.74) is 3.69. The van der Waals surface area contributed by atoms with Crippen LogP contribution in [0, 0.1) is 0 Å². The van der Waals surface area contributed by atoms with Crippen LogP contribution in [0.15, 0.2) is 54.1 Å². The molecule has 1 aromatic heterocycles. The van der Waals surface area contributed by atoms with E-state index in [2.05, 4.69) is 0 Å². The van der Waals surface area contributed by atoms with Crippen LogP contribution in [-0.4, -0.2) is 25.0 Å². The largest absolute Gasteiger partial charge is 0.493 e. The number of carbonyl (C=O) groups is 1. The Balaban J connectivity index is 1.66. The highest BCUT2D eigenvalue weighted by Gasteiger charge is 2.26. The minimum atomic E-state index is 0.0747. The van der Waals surface area contributed by atoms with Crippen molar-refractivity contribution in [2.75, 3.05) is 14.2 Å². The molecule has 1 aliphatic carbocycles. The Hall–Kier alpha value is -2.92. The number of hydrogen-bond donors (Lipinski definition) is 0. The number of thiazole rings is 1. The van der Waals surface area contributed by atoms with Crippen molar-refractivity contribution in [3.63, 3.8) is 0 Å². The molecular weight excluding hydrogens is 358 g/mol. The summed E-state index contributed by atoms with van der Waals surface area (Å²) in [6.45, 7) is 0. The highest BCUT2D eigenvalue weighted by molar-refractivity contribution is 7.17. The lowest BCUT2D eigenvalue weighted by molar-refractivity contribution is 0.103. The molecule has 0 spiro atoms. The van der Waals surface area contributed by atoms with Crippen LogP contribution in [0.2, 0.25) is 0 Å². The predicted molar refractivity (Wildman–Crippen MR) is 108 cm³/mol. The molecule has 2 aromatic carbocycles. The summed E-state index contributed by atoms with van der Waals surface area (Å²) >= 11 is 1.48. The Kier molecular flexibility index (Phi) is 4.77. The topological polar surface area (TPSA) is 48.4 Å². The van der Waals surface area contributed by atoms with Crippen molar-refractivity contribution in [2.24, 2.45) is 0 Å². The first-order valence-corrected chi connectivity index (χ1v) is 9.53. The van der Waals surface area contributed by atoms with Crippen LogP contribution in [0.1, 0.15) is 27.3 Å². The molecule has 1 aliphatic rings. The van der Waals surface area contributed by atoms with E-state index in [9.17, 15) is 4.79 Å². The van der Waals surface area contributed by atoms with Crippen molar-refractivity contribution in [2.45, 2.75) is 12.8 Å². The average Bonchev–Trinajstić information content (AvgIpc) is 3.16. The van der Waals surface area contributed by atoms with Gasteiger partial charge in [0.05, 0.1) is 24.8 Å². The van der Waals surface area contributed by atoms with Crippen molar-refractivity contribution in [3.05, 3.63) is 70.2 Å². The Morgan fingerprint density at radius 3 is 2.52 bits per heavy atom. The minimum absolute atomic E-state index is 0.0747. The van der Waals surface area contributed by atoms with Gasteiger partial charge in [-0.1, -0.05) is 36.4 Å². The third kappa shape index (κ3) is 3.38. The molecule has 0 saturated heterocycles. The third-order valence-electron chi connectivity index (χ3n) is 4.60. The van der Waals surface area contributed by atoms with Gasteiger partial charge in [-0.15, -0.1) is 11.3 Å². The fraction of sp³-hybridized carbons (Fsp3) is 0.182. The highest BCUT2D eigenvalue weighted by atomic mass is 32.1. The van der Waals surface area contributed by atoms with Gasteiger partial charge < -0.3 is 9.47 Å². The second kappa shape index (κ2) is 7.37. The summed E-state index contributed by atoms with van der Waals surface area (Å²) in [6.07, 6.45) is 3.41. The normalized spacial score (nSPS) is 14.9. The van der Waals surface area contributed by atoms with E-state index in [0.29, 0.717) is 17.9 Å². The summed E-state index contributed by atoms with van der Waals surface area (Å²) in [5, 5.41) is 0.904. The van der Waals surface area contributed by atoms with Crippen molar-refractivity contribution < 1.29 is 14.3 Å². The molecule has 27 heavy (non-hydrogen) atoms. The van der Waals surface area contributed by atoms with Crippen molar-refractivity contribution in [3.8, 4) is 22.1 Å². The van der Waals surface area contributed by atoms with Crippen molar-refractivity contribution in [1.82, 2.24) is 4.98 Å². The maximum atomic E-state index is 13.0. The number of methoxy groups -OCH3 is 2. The van der Waals surface area contributed by atoms with E-state index in [1.807, 2.05) is 54.6 Å². The number of allylic oxidation sites excluding steroid dienone is 1. The Morgan fingerprint density at radius 1 is 1.00 bits per heavy atom. The lowest BCUT2D eigenvalue weighted by Crippen LogP contribution is -2.12. The van der Waals surface area contributed by atoms with Crippen molar-refractivity contribution >= 4 is 23.2 Å². The van der Waals surface area contributed by atoms with Gasteiger partial charge in [0, 0.05) is 11.1 Å². The van der Waals surface area contributed by atoms with Crippen LogP contribution in [0.4, 0.5) is 0 Å². The van der Waals surface area contributed by atoms with Crippen LogP contribution in [0.25, 0.3) is 16.6 Å². The van der Waals surface area contributed by atoms with Gasteiger partial charge in [-0.25, -0.2) is 4.98 Å². The molecule has 0 saturated carbocycles. The molecule has 0 aliphatic heterocycles. The molecule has 1 heterocycles. The average molecular weight is 377 g/mol. The SMILES string of the molecule is COc1ccc(C=C2CCc3nc(-c4ccccc4)sc3C2=O)cc1OC. The Morgan fingerprint density at radius 2 is 1.78 bits per heavy atom. The van der Waals surface area contributed by atoms with Gasteiger partial charge >= 0.3 is 0 Å². The summed E-state index contributed by atoms with van der Waals surface area (Å²) in [7, 11) is 3.21. The lowest BCUT2D eigenvalue weighted by atomic mass is 9.94. The number of aryl methyl sites for hydroxylation is 1. The van der Waals surface area contributed by atoms with E-state index in [-0.39, 0.29) is 5.78 Å². The minimum Gasteiger partial charge on any atom is -0.493 e. The van der Waals surface area contributed by atoms with E-state index in [0.717, 1.165) is 38.7 Å². The highest BCUT2D eigenvalue weighted by Crippen LogP contribution is 2.35. The zero-order chi connectivity index (χ0) is 18.8. The number of rotatable bonds is 4. The monoisotopic (exact) mass is 377 g/mol. The standard InChI is InChI=1S/C22H19NO3S/c1-25-18-11-8-14(13-19(18)26-2)12-16-9-10-17-21(20(16)24)27-22(23-17)15-6-4-3-5-7-15/h3-8,11-13H,9-10H2,1-2H3. The van der Waals surface area contributed by atoms with Crippen LogP contribution in [0.3, 0.4) is 0 Å². The lowest BCUT2D eigenvalue weighted by Gasteiger charge is -2.13. The molecule has 4 nitrogen and oxygen atoms in total. The maximum absolute atomic E-state index is 13.0. The summed E-state index contributed by atoms with van der Waals surface area (Å²) in [6, 6.07) is 15.7. The molecular formula is C22H19NO3S. The molecule has 0 bridgehead atoms. The second-order valence-corrected chi connectivity index (χ2v) is 7.27. The van der Waals surface area contributed by atoms with Crippen LogP contribution < -0.4 is 9.47 Å². The van der Waals surface area contributed by atoms with E-state index in [1.54, 1.807) is 14.2 Å².